The summed E-state index contributed by atoms with van der Waals surface area (Å²) in [6, 6.07) is 14.5. The van der Waals surface area contributed by atoms with Crippen molar-refractivity contribution in [2.24, 2.45) is 0 Å². The molecule has 6 nitrogen and oxygen atoms in total. The lowest BCUT2D eigenvalue weighted by atomic mass is 10.1. The van der Waals surface area contributed by atoms with Crippen LogP contribution in [0.5, 0.6) is 5.75 Å². The molecular formula is C19H20FN5O. The molecule has 0 saturated carbocycles. The molecule has 0 unspecified atom stereocenters. The Labute approximate surface area is 151 Å². The van der Waals surface area contributed by atoms with E-state index in [2.05, 4.69) is 25.8 Å². The molecule has 1 aromatic heterocycles. The first kappa shape index (κ1) is 17.6. The van der Waals surface area contributed by atoms with Crippen molar-refractivity contribution in [3.63, 3.8) is 0 Å². The molecule has 26 heavy (non-hydrogen) atoms. The molecule has 0 aliphatic rings. The average molecular weight is 353 g/mol. The van der Waals surface area contributed by atoms with Gasteiger partial charge in [0, 0.05) is 13.1 Å². The van der Waals surface area contributed by atoms with E-state index < -0.39 is 0 Å². The molecule has 134 valence electrons. The number of hydrogen-bond donors (Lipinski definition) is 2. The molecule has 3 aromatic rings. The van der Waals surface area contributed by atoms with Crippen LogP contribution in [0.25, 0.3) is 0 Å². The van der Waals surface area contributed by atoms with E-state index in [1.54, 1.807) is 25.4 Å². The molecule has 0 fully saturated rings. The van der Waals surface area contributed by atoms with Crippen molar-refractivity contribution in [1.29, 1.82) is 0 Å². The standard InChI is InChI=1S/C19H20FN5O/c1-26-16-8-6-14(7-9-16)12-22-18-13-23-25-19(24-18)21-11-10-15-4-2-3-5-17(15)20/h2-9,13H,10-12H2,1H3,(H2,21,22,24,25). The van der Waals surface area contributed by atoms with Gasteiger partial charge in [-0.3, -0.25) is 0 Å². The van der Waals surface area contributed by atoms with Gasteiger partial charge in [-0.25, -0.2) is 4.39 Å². The molecule has 0 spiro atoms. The molecule has 2 N–H and O–H groups in total. The predicted molar refractivity (Wildman–Crippen MR) is 98.7 cm³/mol. The highest BCUT2D eigenvalue weighted by Gasteiger charge is 2.03. The van der Waals surface area contributed by atoms with Crippen LogP contribution in [-0.4, -0.2) is 28.8 Å². The summed E-state index contributed by atoms with van der Waals surface area (Å²) < 4.78 is 18.7. The van der Waals surface area contributed by atoms with E-state index in [0.717, 1.165) is 11.3 Å². The molecule has 0 atom stereocenters. The van der Waals surface area contributed by atoms with Crippen molar-refractivity contribution < 1.29 is 9.13 Å². The van der Waals surface area contributed by atoms with Crippen molar-refractivity contribution in [2.75, 3.05) is 24.3 Å². The molecule has 3 rings (SSSR count). The van der Waals surface area contributed by atoms with Crippen molar-refractivity contribution >= 4 is 11.8 Å². The zero-order chi connectivity index (χ0) is 18.2. The summed E-state index contributed by atoms with van der Waals surface area (Å²) in [6.45, 7) is 1.13. The van der Waals surface area contributed by atoms with Gasteiger partial charge in [0.05, 0.1) is 13.3 Å². The molecular weight excluding hydrogens is 333 g/mol. The van der Waals surface area contributed by atoms with E-state index >= 15 is 0 Å². The number of nitrogens with zero attached hydrogens (tertiary/aromatic N) is 3. The minimum Gasteiger partial charge on any atom is -0.497 e. The Morgan fingerprint density at radius 2 is 1.85 bits per heavy atom. The van der Waals surface area contributed by atoms with Crippen LogP contribution < -0.4 is 15.4 Å². The number of methoxy groups -OCH3 is 1. The average Bonchev–Trinajstić information content (AvgIpc) is 2.69. The Kier molecular flexibility index (Phi) is 5.92. The molecule has 0 amide bonds. The summed E-state index contributed by atoms with van der Waals surface area (Å²) in [5.41, 5.74) is 1.75. The van der Waals surface area contributed by atoms with Gasteiger partial charge >= 0.3 is 0 Å². The highest BCUT2D eigenvalue weighted by molar-refractivity contribution is 5.38. The normalized spacial score (nSPS) is 10.4. The van der Waals surface area contributed by atoms with E-state index in [-0.39, 0.29) is 5.82 Å². The van der Waals surface area contributed by atoms with Gasteiger partial charge in [-0.2, -0.15) is 10.1 Å². The highest BCUT2D eigenvalue weighted by atomic mass is 19.1. The Morgan fingerprint density at radius 1 is 1.04 bits per heavy atom. The Morgan fingerprint density at radius 3 is 2.62 bits per heavy atom. The smallest absolute Gasteiger partial charge is 0.244 e. The lowest BCUT2D eigenvalue weighted by Gasteiger charge is -2.08. The van der Waals surface area contributed by atoms with Crippen molar-refractivity contribution in [3.8, 4) is 5.75 Å². The fourth-order valence-corrected chi connectivity index (χ4v) is 2.41. The van der Waals surface area contributed by atoms with Gasteiger partial charge < -0.3 is 15.4 Å². The first-order valence-corrected chi connectivity index (χ1v) is 8.28. The summed E-state index contributed by atoms with van der Waals surface area (Å²) in [6.07, 6.45) is 2.10. The SMILES string of the molecule is COc1ccc(CNc2cnnc(NCCc3ccccc3F)n2)cc1. The summed E-state index contributed by atoms with van der Waals surface area (Å²) in [5.74, 6) is 1.63. The Balaban J connectivity index is 1.51. The predicted octanol–water partition coefficient (Wildman–Crippen LogP) is 3.29. The third kappa shape index (κ3) is 4.89. The monoisotopic (exact) mass is 353 g/mol. The van der Waals surface area contributed by atoms with Crippen LogP contribution in [-0.2, 0) is 13.0 Å². The van der Waals surface area contributed by atoms with Crippen LogP contribution in [0.2, 0.25) is 0 Å². The molecule has 1 heterocycles. The van der Waals surface area contributed by atoms with Gasteiger partial charge in [-0.05, 0) is 35.7 Å². The van der Waals surface area contributed by atoms with Gasteiger partial charge in [0.15, 0.2) is 5.82 Å². The number of benzene rings is 2. The molecule has 0 radical (unpaired) electrons. The molecule has 0 saturated heterocycles. The van der Waals surface area contributed by atoms with E-state index in [0.29, 0.717) is 36.8 Å². The number of rotatable bonds is 8. The number of aromatic nitrogens is 3. The van der Waals surface area contributed by atoms with Crippen LogP contribution in [0.3, 0.4) is 0 Å². The number of ether oxygens (including phenoxy) is 1. The quantitative estimate of drug-likeness (QED) is 0.647. The van der Waals surface area contributed by atoms with Crippen molar-refractivity contribution in [1.82, 2.24) is 15.2 Å². The summed E-state index contributed by atoms with van der Waals surface area (Å²) in [5, 5.41) is 14.2. The fourth-order valence-electron chi connectivity index (χ4n) is 2.41. The van der Waals surface area contributed by atoms with Crippen LogP contribution >= 0.6 is 0 Å². The second-order valence-electron chi connectivity index (χ2n) is 5.64. The van der Waals surface area contributed by atoms with Crippen molar-refractivity contribution in [3.05, 3.63) is 71.7 Å². The topological polar surface area (TPSA) is 72.0 Å². The van der Waals surface area contributed by atoms with Gasteiger partial charge in [0.1, 0.15) is 11.6 Å². The van der Waals surface area contributed by atoms with E-state index in [4.69, 9.17) is 4.74 Å². The second kappa shape index (κ2) is 8.75. The molecule has 7 heteroatoms. The third-order valence-electron chi connectivity index (χ3n) is 3.83. The van der Waals surface area contributed by atoms with Gasteiger partial charge in [0.2, 0.25) is 5.95 Å². The Bertz CT molecular complexity index is 841. The maximum Gasteiger partial charge on any atom is 0.244 e. The fraction of sp³-hybridized carbons (Fsp3) is 0.211. The zero-order valence-corrected chi connectivity index (χ0v) is 14.4. The van der Waals surface area contributed by atoms with Crippen LogP contribution in [0, 0.1) is 5.82 Å². The lowest BCUT2D eigenvalue weighted by Crippen LogP contribution is -2.11. The van der Waals surface area contributed by atoms with Gasteiger partial charge in [-0.1, -0.05) is 30.3 Å². The van der Waals surface area contributed by atoms with E-state index in [1.165, 1.54) is 6.07 Å². The first-order valence-electron chi connectivity index (χ1n) is 8.28. The lowest BCUT2D eigenvalue weighted by molar-refractivity contribution is 0.414. The van der Waals surface area contributed by atoms with Gasteiger partial charge in [0.25, 0.3) is 0 Å². The molecule has 0 bridgehead atoms. The Hall–Kier alpha value is -3.22. The minimum atomic E-state index is -0.205. The van der Waals surface area contributed by atoms with Crippen LogP contribution in [0.4, 0.5) is 16.2 Å². The molecule has 2 aromatic carbocycles. The third-order valence-corrected chi connectivity index (χ3v) is 3.83. The second-order valence-corrected chi connectivity index (χ2v) is 5.64. The van der Waals surface area contributed by atoms with Gasteiger partial charge in [-0.15, -0.1) is 5.10 Å². The zero-order valence-electron chi connectivity index (χ0n) is 14.4. The summed E-state index contributed by atoms with van der Waals surface area (Å²) >= 11 is 0. The summed E-state index contributed by atoms with van der Waals surface area (Å²) in [7, 11) is 1.64. The maximum atomic E-state index is 13.6. The van der Waals surface area contributed by atoms with E-state index in [1.807, 2.05) is 30.3 Å². The number of halogens is 1. The minimum absolute atomic E-state index is 0.205. The summed E-state index contributed by atoms with van der Waals surface area (Å²) in [4.78, 5) is 4.36. The molecule has 0 aliphatic carbocycles. The number of anilines is 2. The van der Waals surface area contributed by atoms with E-state index in [9.17, 15) is 4.39 Å². The maximum absolute atomic E-state index is 13.6. The number of nitrogens with one attached hydrogen (secondary N) is 2. The highest BCUT2D eigenvalue weighted by Crippen LogP contribution is 2.13. The first-order chi connectivity index (χ1) is 12.7. The number of hydrogen-bond acceptors (Lipinski definition) is 6. The van der Waals surface area contributed by atoms with Crippen LogP contribution in [0.15, 0.2) is 54.7 Å². The largest absolute Gasteiger partial charge is 0.497 e. The van der Waals surface area contributed by atoms with Crippen molar-refractivity contribution in [2.45, 2.75) is 13.0 Å². The van der Waals surface area contributed by atoms with Crippen LogP contribution in [0.1, 0.15) is 11.1 Å². The molecule has 0 aliphatic heterocycles.